The molecule has 0 spiro atoms. The number of phenolic OH excluding ortho intramolecular Hbond substituents is 1. The predicted molar refractivity (Wildman–Crippen MR) is 115 cm³/mol. The summed E-state index contributed by atoms with van der Waals surface area (Å²) >= 11 is 3.11. The molecule has 1 fully saturated rings. The number of aromatic hydroxyl groups is 1. The minimum Gasteiger partial charge on any atom is -0.505 e. The van der Waals surface area contributed by atoms with Gasteiger partial charge in [0.25, 0.3) is 0 Å². The summed E-state index contributed by atoms with van der Waals surface area (Å²) in [4.78, 5) is 2.14. The molecule has 3 aromatic rings. The van der Waals surface area contributed by atoms with Crippen molar-refractivity contribution >= 4 is 15.9 Å². The van der Waals surface area contributed by atoms with E-state index in [0.717, 1.165) is 30.5 Å². The van der Waals surface area contributed by atoms with E-state index in [4.69, 9.17) is 0 Å². The van der Waals surface area contributed by atoms with Gasteiger partial charge in [-0.05, 0) is 52.5 Å². The summed E-state index contributed by atoms with van der Waals surface area (Å²) in [5, 5.41) is 22.4. The lowest BCUT2D eigenvalue weighted by molar-refractivity contribution is -0.00675. The lowest BCUT2D eigenvalue weighted by Gasteiger charge is -2.40. The minimum atomic E-state index is -1.21. The monoisotopic (exact) mass is 455 g/mol. The highest BCUT2D eigenvalue weighted by atomic mass is 79.9. The summed E-state index contributed by atoms with van der Waals surface area (Å²) in [7, 11) is 0. The molecule has 1 atom stereocenters. The first-order chi connectivity index (χ1) is 14.0. The number of benzene rings is 3. The molecule has 4 rings (SSSR count). The number of hydrogen-bond acceptors (Lipinski definition) is 3. The molecule has 1 heterocycles. The van der Waals surface area contributed by atoms with Crippen LogP contribution in [0.5, 0.6) is 5.75 Å². The zero-order chi connectivity index (χ0) is 20.4. The molecule has 0 saturated carbocycles. The number of hydrogen-bond donors (Lipinski definition) is 2. The molecule has 3 aromatic carbocycles. The molecule has 2 N–H and O–H groups in total. The lowest BCUT2D eigenvalue weighted by Crippen LogP contribution is -2.48. The van der Waals surface area contributed by atoms with Gasteiger partial charge < -0.3 is 10.2 Å². The van der Waals surface area contributed by atoms with Gasteiger partial charge in [-0.15, -0.1) is 0 Å². The van der Waals surface area contributed by atoms with Crippen LogP contribution in [0.2, 0.25) is 0 Å². The first-order valence-corrected chi connectivity index (χ1v) is 10.5. The number of halogens is 2. The molecule has 1 aliphatic rings. The third-order valence-corrected chi connectivity index (χ3v) is 6.41. The van der Waals surface area contributed by atoms with Gasteiger partial charge in [-0.3, -0.25) is 4.90 Å². The standard InChI is InChI=1S/C24H23BrFNO2/c25-20-14-13-17(23(28)22(20)26)16-27-15-7-12-21(27)24(29,18-8-3-1-4-9-18)19-10-5-2-6-11-19/h1-6,8-11,13-14,21,28-29H,7,12,15-16H2/t21-/m0/s1. The first-order valence-electron chi connectivity index (χ1n) is 9.75. The van der Waals surface area contributed by atoms with Crippen LogP contribution in [0.1, 0.15) is 29.5 Å². The second-order valence-electron chi connectivity index (χ2n) is 7.50. The van der Waals surface area contributed by atoms with Crippen molar-refractivity contribution in [3.05, 3.63) is 99.8 Å². The van der Waals surface area contributed by atoms with Crippen molar-refractivity contribution in [1.82, 2.24) is 4.90 Å². The Hall–Kier alpha value is -2.21. The van der Waals surface area contributed by atoms with E-state index in [1.54, 1.807) is 12.1 Å². The highest BCUT2D eigenvalue weighted by Gasteiger charge is 2.45. The zero-order valence-electron chi connectivity index (χ0n) is 15.9. The molecule has 0 unspecified atom stereocenters. The molecule has 29 heavy (non-hydrogen) atoms. The first kappa shape index (κ1) is 20.1. The molecule has 0 radical (unpaired) electrons. The maximum absolute atomic E-state index is 14.2. The van der Waals surface area contributed by atoms with Crippen LogP contribution in [-0.2, 0) is 12.1 Å². The van der Waals surface area contributed by atoms with Gasteiger partial charge in [0.2, 0.25) is 0 Å². The Morgan fingerprint density at radius 3 is 2.14 bits per heavy atom. The van der Waals surface area contributed by atoms with Crippen molar-refractivity contribution in [3.8, 4) is 5.75 Å². The van der Waals surface area contributed by atoms with E-state index in [1.165, 1.54) is 0 Å². The van der Waals surface area contributed by atoms with E-state index in [-0.39, 0.29) is 16.3 Å². The lowest BCUT2D eigenvalue weighted by atomic mass is 9.79. The number of aliphatic hydroxyl groups is 1. The number of phenols is 1. The quantitative estimate of drug-likeness (QED) is 0.555. The molecule has 150 valence electrons. The van der Waals surface area contributed by atoms with E-state index in [0.29, 0.717) is 12.1 Å². The van der Waals surface area contributed by atoms with Gasteiger partial charge in [0.05, 0.1) is 4.47 Å². The van der Waals surface area contributed by atoms with Crippen LogP contribution in [0.3, 0.4) is 0 Å². The van der Waals surface area contributed by atoms with Gasteiger partial charge in [0, 0.05) is 18.2 Å². The Morgan fingerprint density at radius 1 is 0.966 bits per heavy atom. The molecule has 1 aliphatic heterocycles. The molecular formula is C24H23BrFNO2. The topological polar surface area (TPSA) is 43.7 Å². The highest BCUT2D eigenvalue weighted by molar-refractivity contribution is 9.10. The summed E-state index contributed by atoms with van der Waals surface area (Å²) in [6, 6.07) is 22.5. The molecular weight excluding hydrogens is 433 g/mol. The number of nitrogens with zero attached hydrogens (tertiary/aromatic N) is 1. The summed E-state index contributed by atoms with van der Waals surface area (Å²) in [5.74, 6) is -0.993. The molecule has 0 amide bonds. The van der Waals surface area contributed by atoms with Crippen LogP contribution in [0.25, 0.3) is 0 Å². The van der Waals surface area contributed by atoms with Gasteiger partial charge in [0.1, 0.15) is 5.60 Å². The van der Waals surface area contributed by atoms with Crippen molar-refractivity contribution in [2.24, 2.45) is 0 Å². The normalized spacial score (nSPS) is 17.6. The number of likely N-dealkylation sites (tertiary alicyclic amines) is 1. The smallest absolute Gasteiger partial charge is 0.179 e. The Kier molecular flexibility index (Phi) is 5.72. The van der Waals surface area contributed by atoms with Crippen molar-refractivity contribution in [2.45, 2.75) is 31.0 Å². The average molecular weight is 456 g/mol. The van der Waals surface area contributed by atoms with Crippen LogP contribution in [0.15, 0.2) is 77.3 Å². The van der Waals surface area contributed by atoms with Crippen LogP contribution in [-0.4, -0.2) is 27.7 Å². The maximum Gasteiger partial charge on any atom is 0.179 e. The molecule has 0 bridgehead atoms. The summed E-state index contributed by atoms with van der Waals surface area (Å²) in [6.07, 6.45) is 1.73. The maximum atomic E-state index is 14.2. The Morgan fingerprint density at radius 2 is 1.55 bits per heavy atom. The number of rotatable bonds is 5. The Labute approximate surface area is 178 Å². The zero-order valence-corrected chi connectivity index (χ0v) is 17.5. The van der Waals surface area contributed by atoms with Gasteiger partial charge in [-0.2, -0.15) is 0 Å². The molecule has 0 aliphatic carbocycles. The molecule has 0 aromatic heterocycles. The van der Waals surface area contributed by atoms with E-state index in [9.17, 15) is 14.6 Å². The van der Waals surface area contributed by atoms with Crippen molar-refractivity contribution in [3.63, 3.8) is 0 Å². The van der Waals surface area contributed by atoms with Gasteiger partial charge >= 0.3 is 0 Å². The van der Waals surface area contributed by atoms with Crippen LogP contribution in [0.4, 0.5) is 4.39 Å². The largest absolute Gasteiger partial charge is 0.505 e. The van der Waals surface area contributed by atoms with Crippen molar-refractivity contribution < 1.29 is 14.6 Å². The van der Waals surface area contributed by atoms with E-state index in [1.807, 2.05) is 60.7 Å². The van der Waals surface area contributed by atoms with E-state index >= 15 is 0 Å². The SMILES string of the molecule is Oc1c(CN2CCC[C@H]2C(O)(c2ccccc2)c2ccccc2)ccc(Br)c1F. The molecule has 5 heteroatoms. The predicted octanol–water partition coefficient (Wildman–Crippen LogP) is 5.19. The van der Waals surface area contributed by atoms with E-state index < -0.39 is 11.4 Å². The fraction of sp³-hybridized carbons (Fsp3) is 0.250. The van der Waals surface area contributed by atoms with E-state index in [2.05, 4.69) is 20.8 Å². The van der Waals surface area contributed by atoms with Crippen molar-refractivity contribution in [1.29, 1.82) is 0 Å². The van der Waals surface area contributed by atoms with Gasteiger partial charge in [-0.1, -0.05) is 66.7 Å². The average Bonchev–Trinajstić information content (AvgIpc) is 3.23. The fourth-order valence-corrected chi connectivity index (χ4v) is 4.67. The Bertz CT molecular complexity index is 941. The molecule has 1 saturated heterocycles. The third kappa shape index (κ3) is 3.70. The highest BCUT2D eigenvalue weighted by Crippen LogP contribution is 2.41. The van der Waals surface area contributed by atoms with Gasteiger partial charge in [-0.25, -0.2) is 4.39 Å². The van der Waals surface area contributed by atoms with Crippen LogP contribution >= 0.6 is 15.9 Å². The van der Waals surface area contributed by atoms with Gasteiger partial charge in [0.15, 0.2) is 11.6 Å². The fourth-order valence-electron chi connectivity index (χ4n) is 4.35. The second-order valence-corrected chi connectivity index (χ2v) is 8.35. The summed E-state index contributed by atoms with van der Waals surface area (Å²) in [6.45, 7) is 1.13. The summed E-state index contributed by atoms with van der Waals surface area (Å²) < 4.78 is 14.4. The summed E-state index contributed by atoms with van der Waals surface area (Å²) in [5.41, 5.74) is 0.965. The van der Waals surface area contributed by atoms with Crippen molar-refractivity contribution in [2.75, 3.05) is 6.54 Å². The van der Waals surface area contributed by atoms with Crippen LogP contribution < -0.4 is 0 Å². The minimum absolute atomic E-state index is 0.196. The Balaban J connectivity index is 1.74. The van der Waals surface area contributed by atoms with Crippen LogP contribution in [0, 0.1) is 5.82 Å². The third-order valence-electron chi connectivity index (χ3n) is 5.80. The second kappa shape index (κ2) is 8.27. The molecule has 3 nitrogen and oxygen atoms in total.